The molecule has 0 saturated heterocycles. The molecule has 2 heterocycles. The number of pyridine rings is 2. The number of hydrogen-bond donors (Lipinski definition) is 2. The molecule has 0 aliphatic heterocycles. The Kier molecular flexibility index (Phi) is 4.43. The van der Waals surface area contributed by atoms with Gasteiger partial charge in [0, 0.05) is 18.0 Å². The number of anilines is 2. The minimum absolute atomic E-state index is 0.214. The van der Waals surface area contributed by atoms with Gasteiger partial charge in [0.2, 0.25) is 5.91 Å². The maximum Gasteiger partial charge on any atom is 0.252 e. The van der Waals surface area contributed by atoms with E-state index in [1.165, 1.54) is 11.8 Å². The molecule has 0 atom stereocenters. The van der Waals surface area contributed by atoms with Crippen LogP contribution in [0.2, 0.25) is 0 Å². The second-order valence-electron chi connectivity index (χ2n) is 7.05. The lowest BCUT2D eigenvalue weighted by atomic mass is 10.1. The minimum Gasteiger partial charge on any atom is -0.384 e. The fourth-order valence-corrected chi connectivity index (χ4v) is 3.64. The van der Waals surface area contributed by atoms with Crippen molar-refractivity contribution in [2.24, 2.45) is 5.73 Å². The molecule has 0 spiro atoms. The van der Waals surface area contributed by atoms with Crippen LogP contribution in [-0.4, -0.2) is 21.8 Å². The van der Waals surface area contributed by atoms with Crippen LogP contribution in [0.25, 0.3) is 10.9 Å². The van der Waals surface area contributed by atoms with E-state index in [1.807, 2.05) is 24.3 Å². The fourth-order valence-electron chi connectivity index (χ4n) is 3.64. The van der Waals surface area contributed by atoms with E-state index in [4.69, 9.17) is 11.5 Å². The van der Waals surface area contributed by atoms with E-state index < -0.39 is 5.91 Å². The summed E-state index contributed by atoms with van der Waals surface area (Å²) >= 11 is 0. The summed E-state index contributed by atoms with van der Waals surface area (Å²) in [5, 5.41) is 0.959. The van der Waals surface area contributed by atoms with Gasteiger partial charge in [-0.25, -0.2) is 9.97 Å². The Balaban J connectivity index is 1.76. The summed E-state index contributed by atoms with van der Waals surface area (Å²) in [5.41, 5.74) is 15.2. The highest BCUT2D eigenvalue weighted by Gasteiger charge is 2.24. The molecule has 0 saturated carbocycles. The van der Waals surface area contributed by atoms with E-state index in [0.717, 1.165) is 47.0 Å². The van der Waals surface area contributed by atoms with Crippen LogP contribution in [0.1, 0.15) is 40.5 Å². The van der Waals surface area contributed by atoms with E-state index in [2.05, 4.69) is 9.97 Å². The standard InChI is InChI=1S/C21H21N5O2/c1-12(27)26(11-13-5-6-14-7-8-19(22)24-18(14)9-13)21-16(20(23)28)10-15-3-2-4-17(15)25-21/h5-10H,2-4,11H2,1H3,(H2,22,24)(H2,23,28). The van der Waals surface area contributed by atoms with Crippen molar-refractivity contribution in [2.45, 2.75) is 32.7 Å². The van der Waals surface area contributed by atoms with E-state index in [-0.39, 0.29) is 18.0 Å². The topological polar surface area (TPSA) is 115 Å². The first kappa shape index (κ1) is 17.9. The molecule has 4 rings (SSSR count). The van der Waals surface area contributed by atoms with Crippen molar-refractivity contribution in [3.8, 4) is 0 Å². The molecule has 1 aromatic carbocycles. The minimum atomic E-state index is -0.587. The number of rotatable bonds is 4. The third-order valence-corrected chi connectivity index (χ3v) is 5.05. The molecule has 0 unspecified atom stereocenters. The zero-order valence-electron chi connectivity index (χ0n) is 15.6. The number of benzene rings is 1. The number of carbonyl (C=O) groups is 2. The van der Waals surface area contributed by atoms with Gasteiger partial charge in [-0.2, -0.15) is 0 Å². The number of primary amides is 1. The van der Waals surface area contributed by atoms with Gasteiger partial charge in [-0.05, 0) is 54.7 Å². The number of nitrogens with zero attached hydrogens (tertiary/aromatic N) is 3. The van der Waals surface area contributed by atoms with Crippen molar-refractivity contribution in [3.05, 3.63) is 58.8 Å². The summed E-state index contributed by atoms with van der Waals surface area (Å²) in [4.78, 5) is 34.9. The molecule has 3 aromatic rings. The number of hydrogen-bond acceptors (Lipinski definition) is 5. The lowest BCUT2D eigenvalue weighted by Gasteiger charge is -2.23. The van der Waals surface area contributed by atoms with Gasteiger partial charge in [-0.3, -0.25) is 14.5 Å². The van der Waals surface area contributed by atoms with E-state index in [0.29, 0.717) is 11.6 Å². The zero-order chi connectivity index (χ0) is 19.8. The molecule has 2 amide bonds. The van der Waals surface area contributed by atoms with Gasteiger partial charge >= 0.3 is 0 Å². The van der Waals surface area contributed by atoms with Crippen LogP contribution in [0.5, 0.6) is 0 Å². The Hall–Kier alpha value is -3.48. The first-order chi connectivity index (χ1) is 13.4. The average molecular weight is 375 g/mol. The quantitative estimate of drug-likeness (QED) is 0.726. The van der Waals surface area contributed by atoms with Crippen LogP contribution in [0.3, 0.4) is 0 Å². The van der Waals surface area contributed by atoms with Crippen LogP contribution in [0.4, 0.5) is 11.6 Å². The number of carbonyl (C=O) groups excluding carboxylic acids is 2. The highest BCUT2D eigenvalue weighted by Crippen LogP contribution is 2.29. The van der Waals surface area contributed by atoms with Crippen molar-refractivity contribution >= 4 is 34.4 Å². The summed E-state index contributed by atoms with van der Waals surface area (Å²) in [6.07, 6.45) is 2.70. The Morgan fingerprint density at radius 2 is 1.89 bits per heavy atom. The van der Waals surface area contributed by atoms with Crippen LogP contribution in [0, 0.1) is 0 Å². The van der Waals surface area contributed by atoms with Crippen LogP contribution in [-0.2, 0) is 24.2 Å². The van der Waals surface area contributed by atoms with Crippen molar-refractivity contribution in [1.82, 2.24) is 9.97 Å². The third kappa shape index (κ3) is 3.26. The van der Waals surface area contributed by atoms with Crippen molar-refractivity contribution < 1.29 is 9.59 Å². The van der Waals surface area contributed by atoms with Gasteiger partial charge in [0.1, 0.15) is 11.6 Å². The molecule has 7 nitrogen and oxygen atoms in total. The first-order valence-electron chi connectivity index (χ1n) is 9.18. The normalized spacial score (nSPS) is 12.8. The molecular formula is C21H21N5O2. The molecular weight excluding hydrogens is 354 g/mol. The molecule has 1 aliphatic carbocycles. The number of aryl methyl sites for hydroxylation is 2. The smallest absolute Gasteiger partial charge is 0.252 e. The summed E-state index contributed by atoms with van der Waals surface area (Å²) < 4.78 is 0. The molecule has 0 fully saturated rings. The zero-order valence-corrected chi connectivity index (χ0v) is 15.6. The largest absolute Gasteiger partial charge is 0.384 e. The third-order valence-electron chi connectivity index (χ3n) is 5.05. The molecule has 7 heteroatoms. The van der Waals surface area contributed by atoms with Gasteiger partial charge in [0.15, 0.2) is 0 Å². The summed E-state index contributed by atoms with van der Waals surface area (Å²) in [6, 6.07) is 11.2. The second-order valence-corrected chi connectivity index (χ2v) is 7.05. The molecule has 28 heavy (non-hydrogen) atoms. The summed E-state index contributed by atoms with van der Waals surface area (Å²) in [7, 11) is 0. The van der Waals surface area contributed by atoms with E-state index >= 15 is 0 Å². The van der Waals surface area contributed by atoms with Gasteiger partial charge in [-0.1, -0.05) is 12.1 Å². The first-order valence-corrected chi connectivity index (χ1v) is 9.18. The molecule has 2 aromatic heterocycles. The molecule has 4 N–H and O–H groups in total. The molecule has 142 valence electrons. The second kappa shape index (κ2) is 6.92. The number of aromatic nitrogens is 2. The predicted molar refractivity (Wildman–Crippen MR) is 108 cm³/mol. The number of nitrogen functional groups attached to an aromatic ring is 1. The number of amides is 2. The van der Waals surface area contributed by atoms with E-state index in [9.17, 15) is 9.59 Å². The summed E-state index contributed by atoms with van der Waals surface area (Å²) in [5.74, 6) is -0.0457. The maximum absolute atomic E-state index is 12.4. The van der Waals surface area contributed by atoms with Gasteiger partial charge < -0.3 is 11.5 Å². The lowest BCUT2D eigenvalue weighted by Crippen LogP contribution is -2.31. The predicted octanol–water partition coefficient (Wildman–Crippen LogP) is 2.35. The van der Waals surface area contributed by atoms with Crippen molar-refractivity contribution in [2.75, 3.05) is 10.6 Å². The fraction of sp³-hybridized carbons (Fsp3) is 0.238. The number of fused-ring (bicyclic) bond motifs is 2. The van der Waals surface area contributed by atoms with Crippen molar-refractivity contribution in [1.29, 1.82) is 0 Å². The Morgan fingerprint density at radius 3 is 2.64 bits per heavy atom. The van der Waals surface area contributed by atoms with Crippen LogP contribution >= 0.6 is 0 Å². The highest BCUT2D eigenvalue weighted by molar-refractivity contribution is 6.02. The average Bonchev–Trinajstić information content (AvgIpc) is 3.12. The maximum atomic E-state index is 12.4. The summed E-state index contributed by atoms with van der Waals surface area (Å²) in [6.45, 7) is 1.71. The van der Waals surface area contributed by atoms with Gasteiger partial charge in [0.25, 0.3) is 5.91 Å². The Morgan fingerprint density at radius 1 is 1.11 bits per heavy atom. The van der Waals surface area contributed by atoms with Crippen LogP contribution < -0.4 is 16.4 Å². The van der Waals surface area contributed by atoms with Crippen molar-refractivity contribution in [3.63, 3.8) is 0 Å². The van der Waals surface area contributed by atoms with Gasteiger partial charge in [0.05, 0.1) is 17.6 Å². The number of nitrogens with two attached hydrogens (primary N) is 2. The van der Waals surface area contributed by atoms with Crippen LogP contribution in [0.15, 0.2) is 36.4 Å². The monoisotopic (exact) mass is 375 g/mol. The van der Waals surface area contributed by atoms with Gasteiger partial charge in [-0.15, -0.1) is 0 Å². The highest BCUT2D eigenvalue weighted by atomic mass is 16.2. The Labute approximate surface area is 162 Å². The SMILES string of the molecule is CC(=O)N(Cc1ccc2ccc(N)nc2c1)c1nc2c(cc1C(N)=O)CCC2. The van der Waals surface area contributed by atoms with E-state index in [1.54, 1.807) is 12.1 Å². The lowest BCUT2D eigenvalue weighted by molar-refractivity contribution is -0.116. The molecule has 0 radical (unpaired) electrons. The Bertz CT molecular complexity index is 1110. The molecule has 0 bridgehead atoms. The molecule has 1 aliphatic rings.